The summed E-state index contributed by atoms with van der Waals surface area (Å²) in [4.78, 5) is 43.3. The first-order valence-corrected chi connectivity index (χ1v) is 18.2. The van der Waals surface area contributed by atoms with Crippen molar-refractivity contribution in [2.24, 2.45) is 0 Å². The number of carbonyl (C=O) groups is 3. The van der Waals surface area contributed by atoms with Gasteiger partial charge in [-0.3, -0.25) is 18.9 Å². The van der Waals surface area contributed by atoms with Crippen molar-refractivity contribution in [3.8, 4) is 11.8 Å². The van der Waals surface area contributed by atoms with Crippen LogP contribution in [0.2, 0.25) is 0 Å². The van der Waals surface area contributed by atoms with Gasteiger partial charge in [-0.2, -0.15) is 15.4 Å². The van der Waals surface area contributed by atoms with Crippen LogP contribution in [0, 0.1) is 11.3 Å². The Morgan fingerprint density at radius 1 is 1.06 bits per heavy atom. The number of hydrogen-bond donors (Lipinski definition) is 4. The van der Waals surface area contributed by atoms with Gasteiger partial charge in [0.25, 0.3) is 0 Å². The molecule has 1 aromatic carbocycles. The average Bonchev–Trinajstić information content (AvgIpc) is 3.59. The largest absolute Gasteiger partial charge is 0.462 e. The fraction of sp³-hybridized carbons (Fsp3) is 0.529. The summed E-state index contributed by atoms with van der Waals surface area (Å²) in [7, 11) is -4.64. The van der Waals surface area contributed by atoms with Gasteiger partial charge in [0, 0.05) is 0 Å². The second-order valence-corrected chi connectivity index (χ2v) is 15.8. The van der Waals surface area contributed by atoms with E-state index in [0.717, 1.165) is 6.33 Å². The lowest BCUT2D eigenvalue weighted by Crippen LogP contribution is -2.50. The average molecular weight is 761 g/mol. The number of rotatable bonds is 16. The van der Waals surface area contributed by atoms with Crippen LogP contribution in [0.4, 0.5) is 5.82 Å². The summed E-state index contributed by atoms with van der Waals surface area (Å²) >= 11 is 0. The maximum absolute atomic E-state index is 14.4. The molecule has 0 radical (unpaired) electrons. The molecular formula is C34H45N6O12P. The number of benzene rings is 1. The number of esters is 3. The van der Waals surface area contributed by atoms with E-state index < -0.39 is 92.4 Å². The SMILES string of the molecule is CC(C)OC(=O)[C@H](C)NP(=O)(OC[C@@]1(C#N)O[C@@H](c2ccc3c(N)ncnn23)[C@H](OC(=O)CC(C)(C)O)[C@@H]1OC(=O)CC(C)(C)O)Oc1ccccc1. The molecule has 4 rings (SSSR count). The molecule has 2 aromatic heterocycles. The number of aliphatic hydroxyl groups is 2. The number of anilines is 1. The minimum absolute atomic E-state index is 0.0625. The molecular weight excluding hydrogens is 715 g/mol. The van der Waals surface area contributed by atoms with E-state index in [2.05, 4.69) is 15.2 Å². The summed E-state index contributed by atoms with van der Waals surface area (Å²) in [5.41, 5.74) is 1.04. The van der Waals surface area contributed by atoms with Gasteiger partial charge < -0.3 is 39.4 Å². The highest BCUT2D eigenvalue weighted by Crippen LogP contribution is 2.50. The highest BCUT2D eigenvalue weighted by Gasteiger charge is 2.62. The van der Waals surface area contributed by atoms with Crippen LogP contribution in [0.3, 0.4) is 0 Å². The molecule has 3 aromatic rings. The number of nitrogens with one attached hydrogen (secondary N) is 1. The van der Waals surface area contributed by atoms with Crippen LogP contribution in [-0.2, 0) is 42.4 Å². The number of hydrogen-bond acceptors (Lipinski definition) is 16. The van der Waals surface area contributed by atoms with E-state index in [-0.39, 0.29) is 17.3 Å². The first kappa shape index (κ1) is 41.1. The molecule has 1 aliphatic rings. The number of carbonyl (C=O) groups excluding carboxylic acids is 3. The van der Waals surface area contributed by atoms with Gasteiger partial charge in [-0.25, -0.2) is 14.1 Å². The third-order valence-electron chi connectivity index (χ3n) is 7.54. The highest BCUT2D eigenvalue weighted by molar-refractivity contribution is 7.52. The van der Waals surface area contributed by atoms with E-state index in [9.17, 15) is 34.4 Å². The molecule has 1 aliphatic heterocycles. The summed E-state index contributed by atoms with van der Waals surface area (Å²) in [5, 5.41) is 38.4. The Morgan fingerprint density at radius 2 is 1.68 bits per heavy atom. The molecule has 0 amide bonds. The van der Waals surface area contributed by atoms with E-state index in [1.807, 2.05) is 6.07 Å². The van der Waals surface area contributed by atoms with Crippen molar-refractivity contribution >= 4 is 37.0 Å². The molecule has 19 heteroatoms. The molecule has 1 saturated heterocycles. The summed E-state index contributed by atoms with van der Waals surface area (Å²) in [5.74, 6) is -2.62. The second-order valence-electron chi connectivity index (χ2n) is 14.1. The Morgan fingerprint density at radius 3 is 2.26 bits per heavy atom. The zero-order valence-electron chi connectivity index (χ0n) is 30.4. The zero-order valence-corrected chi connectivity index (χ0v) is 31.3. The van der Waals surface area contributed by atoms with Crippen molar-refractivity contribution in [1.82, 2.24) is 19.7 Å². The Bertz CT molecular complexity index is 1870. The number of nitriles is 1. The Labute approximate surface area is 306 Å². The van der Waals surface area contributed by atoms with Crippen molar-refractivity contribution in [3.63, 3.8) is 0 Å². The van der Waals surface area contributed by atoms with Crippen LogP contribution >= 0.6 is 7.75 Å². The molecule has 53 heavy (non-hydrogen) atoms. The molecule has 6 atom stereocenters. The lowest BCUT2D eigenvalue weighted by Gasteiger charge is -2.31. The third kappa shape index (κ3) is 10.7. The molecule has 18 nitrogen and oxygen atoms in total. The predicted octanol–water partition coefficient (Wildman–Crippen LogP) is 2.92. The standard InChI is InChI=1S/C34H45N6O12P/c1-20(2)48-31(43)21(3)39-53(46,52-22-11-9-8-10-12-22)47-18-34(17-35)29(50-26(42)16-33(6,7)45)28(49-25(41)15-32(4,5)44)27(51-34)23-13-14-24-30(36)37-19-38-40(23)24/h8-14,19-21,27-29,44-45H,15-16,18H2,1-7H3,(H,39,46)(H2,36,37,38)/t21-,27-,28-,29-,34+,53?/m0/s1. The maximum atomic E-state index is 14.4. The Kier molecular flexibility index (Phi) is 12.5. The fourth-order valence-electron chi connectivity index (χ4n) is 5.32. The van der Waals surface area contributed by atoms with Gasteiger partial charge >= 0.3 is 25.7 Å². The first-order chi connectivity index (χ1) is 24.6. The number of nitrogens with two attached hydrogens (primary N) is 1. The van der Waals surface area contributed by atoms with Crippen molar-refractivity contribution in [3.05, 3.63) is 54.5 Å². The molecule has 288 valence electrons. The van der Waals surface area contributed by atoms with Gasteiger partial charge in [0.05, 0.1) is 35.8 Å². The minimum atomic E-state index is -4.64. The molecule has 1 fully saturated rings. The normalized spacial score (nSPS) is 22.1. The number of nitrogens with zero attached hydrogens (tertiary/aromatic N) is 4. The van der Waals surface area contributed by atoms with E-state index >= 15 is 0 Å². The van der Waals surface area contributed by atoms with Crippen LogP contribution in [0.25, 0.3) is 5.52 Å². The molecule has 0 aliphatic carbocycles. The molecule has 1 unspecified atom stereocenters. The summed E-state index contributed by atoms with van der Waals surface area (Å²) < 4.78 is 50.5. The zero-order chi connectivity index (χ0) is 39.4. The Hall–Kier alpha value is -4.63. The van der Waals surface area contributed by atoms with Crippen LogP contribution in [0.15, 0.2) is 48.8 Å². The minimum Gasteiger partial charge on any atom is -0.462 e. The van der Waals surface area contributed by atoms with E-state index in [1.54, 1.807) is 38.1 Å². The monoisotopic (exact) mass is 760 g/mol. The van der Waals surface area contributed by atoms with E-state index in [1.165, 1.54) is 57.3 Å². The smallest absolute Gasteiger partial charge is 0.459 e. The molecule has 5 N–H and O–H groups in total. The summed E-state index contributed by atoms with van der Waals surface area (Å²) in [6.45, 7) is 9.12. The van der Waals surface area contributed by atoms with Gasteiger partial charge in [-0.15, -0.1) is 0 Å². The van der Waals surface area contributed by atoms with Crippen LogP contribution in [0.5, 0.6) is 5.75 Å². The molecule has 0 saturated carbocycles. The highest BCUT2D eigenvalue weighted by atomic mass is 31.2. The number of aromatic nitrogens is 3. The van der Waals surface area contributed by atoms with Crippen molar-refractivity contribution in [2.75, 3.05) is 12.3 Å². The van der Waals surface area contributed by atoms with Crippen molar-refractivity contribution in [2.45, 2.75) is 109 Å². The topological polar surface area (TPSA) is 256 Å². The summed E-state index contributed by atoms with van der Waals surface area (Å²) in [6, 6.07) is 11.6. The second kappa shape index (κ2) is 16.2. The van der Waals surface area contributed by atoms with E-state index in [4.69, 9.17) is 33.7 Å². The predicted molar refractivity (Wildman–Crippen MR) is 186 cm³/mol. The van der Waals surface area contributed by atoms with Gasteiger partial charge in [-0.1, -0.05) is 18.2 Å². The van der Waals surface area contributed by atoms with Crippen molar-refractivity contribution < 1.29 is 57.2 Å². The lowest BCUT2D eigenvalue weighted by atomic mass is 9.95. The number of ether oxygens (including phenoxy) is 4. The van der Waals surface area contributed by atoms with Crippen LogP contribution in [-0.4, -0.2) is 90.5 Å². The molecule has 3 heterocycles. The molecule has 0 bridgehead atoms. The van der Waals surface area contributed by atoms with Gasteiger partial charge in [0.1, 0.15) is 42.4 Å². The molecule has 0 spiro atoms. The van der Waals surface area contributed by atoms with Gasteiger partial charge in [0.15, 0.2) is 18.0 Å². The van der Waals surface area contributed by atoms with Crippen LogP contribution < -0.4 is 15.3 Å². The number of para-hydroxylation sites is 1. The maximum Gasteiger partial charge on any atom is 0.459 e. The van der Waals surface area contributed by atoms with E-state index in [0.29, 0.717) is 5.52 Å². The lowest BCUT2D eigenvalue weighted by molar-refractivity contribution is -0.174. The Balaban J connectivity index is 1.82. The van der Waals surface area contributed by atoms with Crippen molar-refractivity contribution in [1.29, 1.82) is 5.26 Å². The third-order valence-corrected chi connectivity index (χ3v) is 9.16. The van der Waals surface area contributed by atoms with Gasteiger partial charge in [0.2, 0.25) is 5.60 Å². The van der Waals surface area contributed by atoms with Crippen LogP contribution in [0.1, 0.15) is 73.1 Å². The number of fused-ring (bicyclic) bond motifs is 1. The number of nitrogen functional groups attached to an aromatic ring is 1. The van der Waals surface area contributed by atoms with Gasteiger partial charge in [-0.05, 0) is 72.7 Å². The summed E-state index contributed by atoms with van der Waals surface area (Å²) in [6.07, 6.45) is -5.32. The fourth-order valence-corrected chi connectivity index (χ4v) is 6.85. The first-order valence-electron chi connectivity index (χ1n) is 16.6. The quantitative estimate of drug-likeness (QED) is 0.0930.